The third-order valence-corrected chi connectivity index (χ3v) is 4.46. The molecule has 2 heterocycles. The van der Waals surface area contributed by atoms with Gasteiger partial charge in [0.15, 0.2) is 11.5 Å². The summed E-state index contributed by atoms with van der Waals surface area (Å²) >= 11 is 3.33. The second-order valence-electron chi connectivity index (χ2n) is 5.78. The van der Waals surface area contributed by atoms with Gasteiger partial charge >= 0.3 is 11.6 Å². The number of fused-ring (bicyclic) bond motifs is 2. The quantitative estimate of drug-likeness (QED) is 0.354. The van der Waals surface area contributed by atoms with Crippen LogP contribution >= 0.6 is 15.9 Å². The predicted molar refractivity (Wildman–Crippen MR) is 102 cm³/mol. The monoisotopic (exact) mass is 428 g/mol. The molecule has 0 bridgehead atoms. The molecule has 0 spiro atoms. The standard InChI is InChI=1S/C20H13BrO6/c21-14-3-4-15-13(8-20(23)27-17(15)9-14)10-24-19(22)6-2-12-1-5-16-18(7-12)26-11-25-16/h1-9H,10-11H2/b6-2+. The molecular formula is C20H13BrO6. The highest BCUT2D eigenvalue weighted by molar-refractivity contribution is 9.10. The molecule has 0 N–H and O–H groups in total. The Balaban J connectivity index is 1.46. The maximum absolute atomic E-state index is 12.0. The zero-order chi connectivity index (χ0) is 18.8. The van der Waals surface area contributed by atoms with E-state index in [-0.39, 0.29) is 13.4 Å². The van der Waals surface area contributed by atoms with Crippen molar-refractivity contribution in [2.75, 3.05) is 6.79 Å². The predicted octanol–water partition coefficient (Wildman–Crippen LogP) is 4.04. The minimum atomic E-state index is -0.522. The zero-order valence-corrected chi connectivity index (χ0v) is 15.5. The molecular weight excluding hydrogens is 416 g/mol. The molecule has 6 nitrogen and oxygen atoms in total. The first-order valence-electron chi connectivity index (χ1n) is 8.05. The summed E-state index contributed by atoms with van der Waals surface area (Å²) in [5, 5.41) is 0.713. The smallest absolute Gasteiger partial charge is 0.336 e. The molecule has 0 unspecified atom stereocenters. The van der Waals surface area contributed by atoms with Gasteiger partial charge in [-0.1, -0.05) is 22.0 Å². The lowest BCUT2D eigenvalue weighted by Crippen LogP contribution is -2.05. The number of hydrogen-bond acceptors (Lipinski definition) is 6. The van der Waals surface area contributed by atoms with E-state index in [1.54, 1.807) is 30.3 Å². The van der Waals surface area contributed by atoms with Crippen LogP contribution in [0, 0.1) is 0 Å². The molecule has 0 fully saturated rings. The number of benzene rings is 2. The number of halogens is 1. The topological polar surface area (TPSA) is 75.0 Å². The number of hydrogen-bond donors (Lipinski definition) is 0. The number of carbonyl (C=O) groups excluding carboxylic acids is 1. The number of ether oxygens (including phenoxy) is 3. The Morgan fingerprint density at radius 1 is 1.11 bits per heavy atom. The van der Waals surface area contributed by atoms with E-state index in [0.717, 1.165) is 10.0 Å². The second-order valence-corrected chi connectivity index (χ2v) is 6.70. The Bertz CT molecular complexity index is 1120. The summed E-state index contributed by atoms with van der Waals surface area (Å²) in [5.41, 5.74) is 1.30. The Kier molecular flexibility index (Phi) is 4.68. The molecule has 4 rings (SSSR count). The summed E-state index contributed by atoms with van der Waals surface area (Å²) in [6.07, 6.45) is 2.95. The minimum absolute atomic E-state index is 0.0337. The lowest BCUT2D eigenvalue weighted by molar-refractivity contribution is -0.138. The average Bonchev–Trinajstić information content (AvgIpc) is 3.11. The number of rotatable bonds is 4. The fourth-order valence-electron chi connectivity index (χ4n) is 2.70. The fraction of sp³-hybridized carbons (Fsp3) is 0.100. The molecule has 0 radical (unpaired) electrons. The van der Waals surface area contributed by atoms with E-state index >= 15 is 0 Å². The zero-order valence-electron chi connectivity index (χ0n) is 13.9. The van der Waals surface area contributed by atoms with Gasteiger partial charge in [-0.05, 0) is 42.0 Å². The van der Waals surface area contributed by atoms with Gasteiger partial charge in [0.25, 0.3) is 0 Å². The van der Waals surface area contributed by atoms with Crippen LogP contribution in [0.15, 0.2) is 62.2 Å². The van der Waals surface area contributed by atoms with Crippen molar-refractivity contribution in [2.24, 2.45) is 0 Å². The number of esters is 1. The Labute approximate surface area is 162 Å². The summed E-state index contributed by atoms with van der Waals surface area (Å²) in [4.78, 5) is 23.7. The van der Waals surface area contributed by atoms with Crippen LogP contribution in [0.3, 0.4) is 0 Å². The van der Waals surface area contributed by atoms with E-state index in [2.05, 4.69) is 15.9 Å². The summed E-state index contributed by atoms with van der Waals surface area (Å²) < 4.78 is 21.8. The molecule has 0 amide bonds. The molecule has 7 heteroatoms. The first-order chi connectivity index (χ1) is 13.1. The van der Waals surface area contributed by atoms with E-state index in [4.69, 9.17) is 18.6 Å². The number of carbonyl (C=O) groups is 1. The van der Waals surface area contributed by atoms with Crippen molar-refractivity contribution < 1.29 is 23.4 Å². The van der Waals surface area contributed by atoms with Gasteiger partial charge in [-0.25, -0.2) is 9.59 Å². The molecule has 0 aliphatic carbocycles. The van der Waals surface area contributed by atoms with Crippen LogP contribution in [0.2, 0.25) is 0 Å². The molecule has 1 aliphatic heterocycles. The van der Waals surface area contributed by atoms with Crippen molar-refractivity contribution >= 4 is 38.9 Å². The van der Waals surface area contributed by atoms with Gasteiger partial charge in [-0.15, -0.1) is 0 Å². The van der Waals surface area contributed by atoms with Crippen LogP contribution < -0.4 is 15.1 Å². The average molecular weight is 429 g/mol. The van der Waals surface area contributed by atoms with E-state index in [0.29, 0.717) is 28.0 Å². The fourth-order valence-corrected chi connectivity index (χ4v) is 3.04. The first-order valence-corrected chi connectivity index (χ1v) is 8.84. The Morgan fingerprint density at radius 2 is 1.96 bits per heavy atom. The van der Waals surface area contributed by atoms with Crippen LogP contribution in [0.25, 0.3) is 17.0 Å². The van der Waals surface area contributed by atoms with Gasteiger partial charge in [0, 0.05) is 27.6 Å². The molecule has 3 aromatic rings. The molecule has 136 valence electrons. The SMILES string of the molecule is O=C(/C=C/c1ccc2c(c1)OCO2)OCc1cc(=O)oc2cc(Br)ccc12. The van der Waals surface area contributed by atoms with Crippen LogP contribution in [0.5, 0.6) is 11.5 Å². The highest BCUT2D eigenvalue weighted by atomic mass is 79.9. The van der Waals surface area contributed by atoms with Gasteiger partial charge in [0.2, 0.25) is 6.79 Å². The molecule has 27 heavy (non-hydrogen) atoms. The summed E-state index contributed by atoms with van der Waals surface area (Å²) in [6.45, 7) is 0.161. The summed E-state index contributed by atoms with van der Waals surface area (Å²) in [7, 11) is 0. The van der Waals surface area contributed by atoms with Crippen LogP contribution in [-0.4, -0.2) is 12.8 Å². The van der Waals surface area contributed by atoms with Gasteiger partial charge in [0.1, 0.15) is 12.2 Å². The molecule has 1 aliphatic rings. The summed E-state index contributed by atoms with van der Waals surface area (Å²) in [5.74, 6) is 0.793. The van der Waals surface area contributed by atoms with E-state index in [9.17, 15) is 9.59 Å². The van der Waals surface area contributed by atoms with Crippen molar-refractivity contribution in [3.63, 3.8) is 0 Å². The van der Waals surface area contributed by atoms with Crippen molar-refractivity contribution in [1.82, 2.24) is 0 Å². The van der Waals surface area contributed by atoms with E-state index < -0.39 is 11.6 Å². The third kappa shape index (κ3) is 3.88. The van der Waals surface area contributed by atoms with Crippen molar-refractivity contribution in [2.45, 2.75) is 6.61 Å². The lowest BCUT2D eigenvalue weighted by Gasteiger charge is -2.06. The summed E-state index contributed by atoms with van der Waals surface area (Å²) in [6, 6.07) is 12.0. The maximum atomic E-state index is 12.0. The van der Waals surface area contributed by atoms with Crippen molar-refractivity contribution in [3.8, 4) is 11.5 Å². The van der Waals surface area contributed by atoms with Gasteiger partial charge < -0.3 is 18.6 Å². The van der Waals surface area contributed by atoms with E-state index in [1.165, 1.54) is 12.1 Å². The van der Waals surface area contributed by atoms with E-state index in [1.807, 2.05) is 12.1 Å². The van der Waals surface area contributed by atoms with Crippen LogP contribution in [-0.2, 0) is 16.1 Å². The molecule has 0 saturated heterocycles. The molecule has 0 saturated carbocycles. The largest absolute Gasteiger partial charge is 0.458 e. The van der Waals surface area contributed by atoms with Crippen molar-refractivity contribution in [3.05, 3.63) is 74.6 Å². The van der Waals surface area contributed by atoms with Gasteiger partial charge in [-0.2, -0.15) is 0 Å². The maximum Gasteiger partial charge on any atom is 0.336 e. The molecule has 2 aromatic carbocycles. The third-order valence-electron chi connectivity index (χ3n) is 3.97. The van der Waals surface area contributed by atoms with Crippen LogP contribution in [0.4, 0.5) is 0 Å². The molecule has 1 aromatic heterocycles. The normalized spacial score (nSPS) is 12.6. The second kappa shape index (κ2) is 7.28. The van der Waals surface area contributed by atoms with Crippen LogP contribution in [0.1, 0.15) is 11.1 Å². The lowest BCUT2D eigenvalue weighted by atomic mass is 10.1. The Morgan fingerprint density at radius 3 is 2.85 bits per heavy atom. The van der Waals surface area contributed by atoms with Gasteiger partial charge in [0.05, 0.1) is 0 Å². The highest BCUT2D eigenvalue weighted by Crippen LogP contribution is 2.32. The first kappa shape index (κ1) is 17.4. The minimum Gasteiger partial charge on any atom is -0.458 e. The Hall–Kier alpha value is -3.06. The van der Waals surface area contributed by atoms with Crippen molar-refractivity contribution in [1.29, 1.82) is 0 Å². The highest BCUT2D eigenvalue weighted by Gasteiger charge is 2.12. The van der Waals surface area contributed by atoms with Gasteiger partial charge in [-0.3, -0.25) is 0 Å². The molecule has 0 atom stereocenters.